The second kappa shape index (κ2) is 8.77. The van der Waals surface area contributed by atoms with Crippen LogP contribution in [0.4, 0.5) is 5.82 Å². The van der Waals surface area contributed by atoms with Crippen molar-refractivity contribution in [3.63, 3.8) is 0 Å². The first-order valence-electron chi connectivity index (χ1n) is 7.95. The highest BCUT2D eigenvalue weighted by molar-refractivity contribution is 7.87. The van der Waals surface area contributed by atoms with Crippen molar-refractivity contribution in [2.45, 2.75) is 25.8 Å². The zero-order valence-corrected chi connectivity index (χ0v) is 15.4. The number of hydroxylamine groups is 1. The molecule has 2 rings (SSSR count). The molecular weight excluding hydrogens is 370 g/mol. The Balaban J connectivity index is 1.98. The highest BCUT2D eigenvalue weighted by Crippen LogP contribution is 2.17. The molecule has 1 aromatic rings. The third kappa shape index (κ3) is 5.25. The lowest BCUT2D eigenvalue weighted by Crippen LogP contribution is -2.56. The Labute approximate surface area is 152 Å². The molecule has 2 heterocycles. The minimum atomic E-state index is -3.83. The van der Waals surface area contributed by atoms with Crippen molar-refractivity contribution in [1.82, 2.24) is 19.5 Å². The van der Waals surface area contributed by atoms with Crippen LogP contribution in [0.1, 0.15) is 19.8 Å². The SMILES string of the molecule is CCC[C@@H](NS(=O)(=O)N1CCN(c2ccc(Cl)cn2)CC1)C(=O)NO. The van der Waals surface area contributed by atoms with E-state index in [-0.39, 0.29) is 13.1 Å². The first-order valence-corrected chi connectivity index (χ1v) is 9.77. The molecule has 0 radical (unpaired) electrons. The number of piperazine rings is 1. The molecule has 1 amide bonds. The van der Waals surface area contributed by atoms with Crippen molar-refractivity contribution in [3.05, 3.63) is 23.4 Å². The lowest BCUT2D eigenvalue weighted by molar-refractivity contribution is -0.131. The van der Waals surface area contributed by atoms with Crippen LogP contribution >= 0.6 is 11.6 Å². The van der Waals surface area contributed by atoms with Crippen molar-refractivity contribution in [1.29, 1.82) is 0 Å². The Hall–Kier alpha value is -1.46. The first-order chi connectivity index (χ1) is 11.9. The van der Waals surface area contributed by atoms with Crippen LogP contribution in [-0.2, 0) is 15.0 Å². The van der Waals surface area contributed by atoms with Gasteiger partial charge in [0.15, 0.2) is 0 Å². The molecule has 0 unspecified atom stereocenters. The number of hydrogen-bond acceptors (Lipinski definition) is 6. The summed E-state index contributed by atoms with van der Waals surface area (Å²) in [5.41, 5.74) is 1.50. The molecule has 0 aromatic carbocycles. The summed E-state index contributed by atoms with van der Waals surface area (Å²) < 4.78 is 28.6. The van der Waals surface area contributed by atoms with Crippen LogP contribution in [-0.4, -0.2) is 61.0 Å². The summed E-state index contributed by atoms with van der Waals surface area (Å²) in [5.74, 6) is -0.0349. The van der Waals surface area contributed by atoms with Gasteiger partial charge in [-0.05, 0) is 18.6 Å². The number of rotatable bonds is 7. The quantitative estimate of drug-likeness (QED) is 0.457. The first kappa shape index (κ1) is 19.9. The minimum absolute atomic E-state index is 0.263. The normalized spacial score (nSPS) is 17.3. The third-order valence-electron chi connectivity index (χ3n) is 3.91. The van der Waals surface area contributed by atoms with Crippen LogP contribution in [0.25, 0.3) is 0 Å². The molecule has 1 aromatic heterocycles. The van der Waals surface area contributed by atoms with E-state index < -0.39 is 22.2 Å². The third-order valence-corrected chi connectivity index (χ3v) is 5.76. The van der Waals surface area contributed by atoms with Crippen LogP contribution < -0.4 is 15.1 Å². The zero-order chi connectivity index (χ0) is 18.4. The number of halogens is 1. The molecule has 140 valence electrons. The topological polar surface area (TPSA) is 115 Å². The number of amides is 1. The predicted octanol–water partition coefficient (Wildman–Crippen LogP) is 0.366. The fraction of sp³-hybridized carbons (Fsp3) is 0.571. The summed E-state index contributed by atoms with van der Waals surface area (Å²) in [6.07, 6.45) is 2.43. The molecule has 1 saturated heterocycles. The second-order valence-corrected chi connectivity index (χ2v) is 7.80. The van der Waals surface area contributed by atoms with Crippen LogP contribution in [0, 0.1) is 0 Å². The maximum Gasteiger partial charge on any atom is 0.280 e. The van der Waals surface area contributed by atoms with Gasteiger partial charge < -0.3 is 4.90 Å². The molecule has 1 atom stereocenters. The number of carbonyl (C=O) groups is 1. The molecule has 0 saturated carbocycles. The number of carbonyl (C=O) groups excluding carboxylic acids is 1. The fourth-order valence-corrected chi connectivity index (χ4v) is 4.07. The number of hydrogen-bond donors (Lipinski definition) is 3. The van der Waals surface area contributed by atoms with Crippen molar-refractivity contribution in [2.75, 3.05) is 31.1 Å². The summed E-state index contributed by atoms with van der Waals surface area (Å²) in [4.78, 5) is 17.8. The fourth-order valence-electron chi connectivity index (χ4n) is 2.58. The van der Waals surface area contributed by atoms with Crippen molar-refractivity contribution in [2.24, 2.45) is 0 Å². The van der Waals surface area contributed by atoms with E-state index in [4.69, 9.17) is 16.8 Å². The highest BCUT2D eigenvalue weighted by Gasteiger charge is 2.31. The molecule has 1 aliphatic rings. The molecule has 0 spiro atoms. The lowest BCUT2D eigenvalue weighted by Gasteiger charge is -2.35. The molecule has 1 aliphatic heterocycles. The van der Waals surface area contributed by atoms with Gasteiger partial charge in [-0.15, -0.1) is 0 Å². The van der Waals surface area contributed by atoms with Gasteiger partial charge in [-0.2, -0.15) is 17.4 Å². The zero-order valence-electron chi connectivity index (χ0n) is 13.9. The maximum absolute atomic E-state index is 12.5. The molecule has 0 aliphatic carbocycles. The summed E-state index contributed by atoms with van der Waals surface area (Å²) in [5, 5.41) is 9.29. The molecule has 25 heavy (non-hydrogen) atoms. The number of pyridine rings is 1. The monoisotopic (exact) mass is 391 g/mol. The van der Waals surface area contributed by atoms with Crippen molar-refractivity contribution < 1.29 is 18.4 Å². The Morgan fingerprint density at radius 2 is 2.04 bits per heavy atom. The van der Waals surface area contributed by atoms with E-state index in [9.17, 15) is 13.2 Å². The summed E-state index contributed by atoms with van der Waals surface area (Å²) in [6.45, 7) is 3.29. The van der Waals surface area contributed by atoms with Crippen molar-refractivity contribution in [3.8, 4) is 0 Å². The van der Waals surface area contributed by atoms with Gasteiger partial charge in [0.1, 0.15) is 11.9 Å². The molecule has 1 fully saturated rings. The van der Waals surface area contributed by atoms with Crippen LogP contribution in [0.15, 0.2) is 18.3 Å². The molecule has 9 nitrogen and oxygen atoms in total. The average molecular weight is 392 g/mol. The molecule has 3 N–H and O–H groups in total. The van der Waals surface area contributed by atoms with Gasteiger partial charge in [-0.25, -0.2) is 10.5 Å². The van der Waals surface area contributed by atoms with Gasteiger partial charge >= 0.3 is 0 Å². The van der Waals surface area contributed by atoms with E-state index in [1.54, 1.807) is 18.3 Å². The minimum Gasteiger partial charge on any atom is -0.354 e. The van der Waals surface area contributed by atoms with Gasteiger partial charge in [-0.1, -0.05) is 24.9 Å². The number of nitrogens with zero attached hydrogens (tertiary/aromatic N) is 3. The van der Waals surface area contributed by atoms with Crippen LogP contribution in [0.2, 0.25) is 5.02 Å². The summed E-state index contributed by atoms with van der Waals surface area (Å²) in [7, 11) is -3.83. The Morgan fingerprint density at radius 3 is 2.56 bits per heavy atom. The largest absolute Gasteiger partial charge is 0.354 e. The van der Waals surface area contributed by atoms with Gasteiger partial charge in [0.2, 0.25) is 0 Å². The van der Waals surface area contributed by atoms with Crippen LogP contribution in [0.5, 0.6) is 0 Å². The standard InChI is InChI=1S/C14H22ClN5O4S/c1-2-3-12(14(21)17-22)18-25(23,24)20-8-6-19(7-9-20)13-5-4-11(15)10-16-13/h4-5,10,12,18,22H,2-3,6-9H2,1H3,(H,17,21)/t12-/m1/s1. The second-order valence-electron chi connectivity index (χ2n) is 5.66. The van der Waals surface area contributed by atoms with Crippen LogP contribution in [0.3, 0.4) is 0 Å². The Bertz CT molecular complexity index is 677. The Morgan fingerprint density at radius 1 is 1.36 bits per heavy atom. The van der Waals surface area contributed by atoms with E-state index >= 15 is 0 Å². The summed E-state index contributed by atoms with van der Waals surface area (Å²) in [6, 6.07) is 2.52. The lowest BCUT2D eigenvalue weighted by atomic mass is 10.2. The average Bonchev–Trinajstić information content (AvgIpc) is 2.61. The maximum atomic E-state index is 12.5. The van der Waals surface area contributed by atoms with E-state index in [1.165, 1.54) is 9.79 Å². The van der Waals surface area contributed by atoms with E-state index in [0.717, 1.165) is 5.82 Å². The van der Waals surface area contributed by atoms with Crippen molar-refractivity contribution >= 4 is 33.5 Å². The number of anilines is 1. The number of nitrogens with one attached hydrogen (secondary N) is 2. The Kier molecular flexibility index (Phi) is 6.96. The molecular formula is C14H22ClN5O4S. The molecule has 0 bridgehead atoms. The summed E-state index contributed by atoms with van der Waals surface area (Å²) >= 11 is 5.82. The van der Waals surface area contributed by atoms with E-state index in [0.29, 0.717) is 31.0 Å². The van der Waals surface area contributed by atoms with E-state index in [1.807, 2.05) is 11.8 Å². The smallest absolute Gasteiger partial charge is 0.280 e. The predicted molar refractivity (Wildman–Crippen MR) is 93.7 cm³/mol. The van der Waals surface area contributed by atoms with Gasteiger partial charge in [0.25, 0.3) is 16.1 Å². The van der Waals surface area contributed by atoms with Gasteiger partial charge in [0, 0.05) is 32.4 Å². The molecule has 11 heteroatoms. The van der Waals surface area contributed by atoms with E-state index in [2.05, 4.69) is 9.71 Å². The van der Waals surface area contributed by atoms with Gasteiger partial charge in [0.05, 0.1) is 5.02 Å². The van der Waals surface area contributed by atoms with Gasteiger partial charge in [-0.3, -0.25) is 10.0 Å². The highest BCUT2D eigenvalue weighted by atomic mass is 35.5. The number of aromatic nitrogens is 1.